The average molecular weight is 310 g/mol. The quantitative estimate of drug-likeness (QED) is 0.901. The van der Waals surface area contributed by atoms with Gasteiger partial charge in [-0.1, -0.05) is 23.2 Å². The van der Waals surface area contributed by atoms with Crippen LogP contribution in [0.5, 0.6) is 0 Å². The third-order valence-electron chi connectivity index (χ3n) is 3.22. The van der Waals surface area contributed by atoms with Gasteiger partial charge in [0, 0.05) is 17.9 Å². The Bertz CT molecular complexity index is 677. The van der Waals surface area contributed by atoms with E-state index >= 15 is 0 Å². The molecule has 0 saturated heterocycles. The number of rotatable bonds is 3. The number of carbonyl (C=O) groups excluding carboxylic acids is 1. The summed E-state index contributed by atoms with van der Waals surface area (Å²) in [6.45, 7) is 0. The first-order valence-corrected chi connectivity index (χ1v) is 7.04. The number of benzene rings is 1. The molecule has 104 valence electrons. The van der Waals surface area contributed by atoms with Crippen LogP contribution in [0.1, 0.15) is 29.4 Å². The van der Waals surface area contributed by atoms with Gasteiger partial charge in [0.1, 0.15) is 5.69 Å². The second-order valence-corrected chi connectivity index (χ2v) is 5.69. The van der Waals surface area contributed by atoms with Gasteiger partial charge >= 0.3 is 0 Å². The van der Waals surface area contributed by atoms with E-state index in [1.54, 1.807) is 30.5 Å². The van der Waals surface area contributed by atoms with Gasteiger partial charge in [-0.25, -0.2) is 0 Å². The van der Waals surface area contributed by atoms with Crippen molar-refractivity contribution >= 4 is 40.5 Å². The van der Waals surface area contributed by atoms with Crippen molar-refractivity contribution in [1.29, 1.82) is 0 Å². The van der Waals surface area contributed by atoms with Crippen LogP contribution in [0.2, 0.25) is 10.0 Å². The summed E-state index contributed by atoms with van der Waals surface area (Å²) >= 11 is 11.8. The number of hydrogen-bond donors (Lipinski definition) is 2. The van der Waals surface area contributed by atoms with Crippen molar-refractivity contribution in [2.24, 2.45) is 0 Å². The van der Waals surface area contributed by atoms with Crippen molar-refractivity contribution in [1.82, 2.24) is 4.57 Å². The van der Waals surface area contributed by atoms with Crippen LogP contribution in [-0.4, -0.2) is 10.5 Å². The van der Waals surface area contributed by atoms with Gasteiger partial charge in [0.15, 0.2) is 0 Å². The maximum Gasteiger partial charge on any atom is 0.272 e. The number of nitrogens with one attached hydrogen (secondary N) is 1. The van der Waals surface area contributed by atoms with E-state index in [9.17, 15) is 4.79 Å². The Morgan fingerprint density at radius 2 is 2.00 bits per heavy atom. The molecule has 2 aromatic rings. The largest absolute Gasteiger partial charge is 0.397 e. The van der Waals surface area contributed by atoms with E-state index in [1.165, 1.54) is 0 Å². The van der Waals surface area contributed by atoms with Crippen molar-refractivity contribution in [2.45, 2.75) is 18.9 Å². The van der Waals surface area contributed by atoms with Crippen molar-refractivity contribution < 1.29 is 4.79 Å². The van der Waals surface area contributed by atoms with Crippen LogP contribution in [0.3, 0.4) is 0 Å². The highest BCUT2D eigenvalue weighted by atomic mass is 35.5. The summed E-state index contributed by atoms with van der Waals surface area (Å²) in [6.07, 6.45) is 3.98. The number of aromatic nitrogens is 1. The van der Waals surface area contributed by atoms with E-state index in [2.05, 4.69) is 5.32 Å². The summed E-state index contributed by atoms with van der Waals surface area (Å²) in [4.78, 5) is 12.3. The summed E-state index contributed by atoms with van der Waals surface area (Å²) in [5.41, 5.74) is 7.54. The van der Waals surface area contributed by atoms with Gasteiger partial charge in [-0.15, -0.1) is 0 Å². The van der Waals surface area contributed by atoms with Gasteiger partial charge in [-0.05, 0) is 37.1 Å². The van der Waals surface area contributed by atoms with Crippen LogP contribution in [0.25, 0.3) is 0 Å². The number of anilines is 2. The zero-order valence-electron chi connectivity index (χ0n) is 10.6. The lowest BCUT2D eigenvalue weighted by molar-refractivity contribution is 0.101. The van der Waals surface area contributed by atoms with Gasteiger partial charge in [0.25, 0.3) is 5.91 Å². The first-order valence-electron chi connectivity index (χ1n) is 6.28. The minimum Gasteiger partial charge on any atom is -0.397 e. The number of amides is 1. The van der Waals surface area contributed by atoms with Gasteiger partial charge in [0.05, 0.1) is 15.7 Å². The zero-order chi connectivity index (χ0) is 14.3. The number of hydrogen-bond acceptors (Lipinski definition) is 2. The molecule has 1 heterocycles. The molecule has 3 rings (SSSR count). The average Bonchev–Trinajstić information content (AvgIpc) is 3.17. The van der Waals surface area contributed by atoms with Crippen molar-refractivity contribution in [2.75, 3.05) is 11.1 Å². The molecule has 0 radical (unpaired) electrons. The highest BCUT2D eigenvalue weighted by molar-refractivity contribution is 6.42. The molecule has 1 aliphatic rings. The van der Waals surface area contributed by atoms with Crippen LogP contribution in [-0.2, 0) is 0 Å². The summed E-state index contributed by atoms with van der Waals surface area (Å²) in [6, 6.07) is 7.05. The van der Waals surface area contributed by atoms with Crippen molar-refractivity contribution in [3.05, 3.63) is 46.2 Å². The minimum atomic E-state index is -0.202. The Kier molecular flexibility index (Phi) is 3.36. The fourth-order valence-electron chi connectivity index (χ4n) is 2.11. The third kappa shape index (κ3) is 2.62. The topological polar surface area (TPSA) is 60.1 Å². The molecular formula is C14H13Cl2N3O. The van der Waals surface area contributed by atoms with Crippen LogP contribution in [0.4, 0.5) is 11.4 Å². The lowest BCUT2D eigenvalue weighted by atomic mass is 10.3. The summed E-state index contributed by atoms with van der Waals surface area (Å²) in [7, 11) is 0. The first-order chi connectivity index (χ1) is 9.54. The van der Waals surface area contributed by atoms with Gasteiger partial charge in [-0.3, -0.25) is 4.79 Å². The van der Waals surface area contributed by atoms with E-state index in [0.717, 1.165) is 12.8 Å². The van der Waals surface area contributed by atoms with Crippen LogP contribution in [0, 0.1) is 0 Å². The Labute approximate surface area is 126 Å². The van der Waals surface area contributed by atoms with Gasteiger partial charge in [-0.2, -0.15) is 0 Å². The highest BCUT2D eigenvalue weighted by Crippen LogP contribution is 2.37. The number of carbonyl (C=O) groups is 1. The number of halogens is 2. The molecule has 6 heteroatoms. The molecule has 20 heavy (non-hydrogen) atoms. The molecule has 1 fully saturated rings. The van der Waals surface area contributed by atoms with Crippen LogP contribution >= 0.6 is 23.2 Å². The molecule has 0 aliphatic heterocycles. The van der Waals surface area contributed by atoms with E-state index in [1.807, 2.05) is 4.57 Å². The Morgan fingerprint density at radius 1 is 1.25 bits per heavy atom. The second-order valence-electron chi connectivity index (χ2n) is 4.88. The van der Waals surface area contributed by atoms with Crippen molar-refractivity contribution in [3.63, 3.8) is 0 Å². The summed E-state index contributed by atoms with van der Waals surface area (Å²) in [5, 5.41) is 3.66. The highest BCUT2D eigenvalue weighted by Gasteiger charge is 2.27. The van der Waals surface area contributed by atoms with Gasteiger partial charge in [0.2, 0.25) is 0 Å². The zero-order valence-corrected chi connectivity index (χ0v) is 12.1. The molecule has 1 amide bonds. The molecule has 0 bridgehead atoms. The minimum absolute atomic E-state index is 0.202. The standard InChI is InChI=1S/C14H13Cl2N3O/c15-11-4-1-9(6-12(11)16)18-14(20)13-5-8(17)7-19(13)10-2-3-10/h1,4-7,10H,2-3,17H2,(H,18,20). The molecule has 3 N–H and O–H groups in total. The SMILES string of the molecule is Nc1cc(C(=O)Nc2ccc(Cl)c(Cl)c2)n(C2CC2)c1. The normalized spacial score (nSPS) is 14.3. The molecular weight excluding hydrogens is 297 g/mol. The van der Waals surface area contributed by atoms with Gasteiger partial charge < -0.3 is 15.6 Å². The number of nitrogens with two attached hydrogens (primary N) is 1. The fourth-order valence-corrected chi connectivity index (χ4v) is 2.40. The first kappa shape index (κ1) is 13.3. The monoisotopic (exact) mass is 309 g/mol. The molecule has 1 aliphatic carbocycles. The molecule has 0 spiro atoms. The van der Waals surface area contributed by atoms with E-state index in [-0.39, 0.29) is 5.91 Å². The molecule has 1 aromatic heterocycles. The molecule has 1 saturated carbocycles. The fraction of sp³-hybridized carbons (Fsp3) is 0.214. The smallest absolute Gasteiger partial charge is 0.272 e. The lowest BCUT2D eigenvalue weighted by Gasteiger charge is -2.09. The predicted molar refractivity (Wildman–Crippen MR) is 81.5 cm³/mol. The molecule has 0 unspecified atom stereocenters. The van der Waals surface area contributed by atoms with E-state index in [0.29, 0.717) is 33.2 Å². The maximum absolute atomic E-state index is 12.3. The van der Waals surface area contributed by atoms with Crippen molar-refractivity contribution in [3.8, 4) is 0 Å². The Balaban J connectivity index is 1.84. The van der Waals surface area contributed by atoms with Crippen LogP contribution < -0.4 is 11.1 Å². The predicted octanol–water partition coefficient (Wildman–Crippen LogP) is 3.96. The maximum atomic E-state index is 12.3. The molecule has 0 atom stereocenters. The lowest BCUT2D eigenvalue weighted by Crippen LogP contribution is -2.16. The second kappa shape index (κ2) is 5.04. The number of nitrogen functional groups attached to an aromatic ring is 1. The van der Waals surface area contributed by atoms with Crippen LogP contribution in [0.15, 0.2) is 30.5 Å². The van der Waals surface area contributed by atoms with E-state index < -0.39 is 0 Å². The number of nitrogens with zero attached hydrogens (tertiary/aromatic N) is 1. The summed E-state index contributed by atoms with van der Waals surface area (Å²) in [5.74, 6) is -0.202. The molecule has 4 nitrogen and oxygen atoms in total. The molecule has 1 aromatic carbocycles. The Hall–Kier alpha value is -1.65. The summed E-state index contributed by atoms with van der Waals surface area (Å²) < 4.78 is 1.93. The van der Waals surface area contributed by atoms with E-state index in [4.69, 9.17) is 28.9 Å². The third-order valence-corrected chi connectivity index (χ3v) is 3.96. The Morgan fingerprint density at radius 3 is 2.65 bits per heavy atom.